The minimum Gasteiger partial charge on any atom is -0.376 e. The highest BCUT2D eigenvalue weighted by molar-refractivity contribution is 5.88. The molecule has 7 heteroatoms. The first-order chi connectivity index (χ1) is 13.8. The van der Waals surface area contributed by atoms with Crippen molar-refractivity contribution in [2.45, 2.75) is 12.8 Å². The normalized spacial score (nSPS) is 19.3. The number of aromatic nitrogens is 1. The van der Waals surface area contributed by atoms with E-state index in [2.05, 4.69) is 38.0 Å². The van der Waals surface area contributed by atoms with Crippen LogP contribution in [0.2, 0.25) is 0 Å². The van der Waals surface area contributed by atoms with E-state index in [4.69, 9.17) is 0 Å². The molecule has 0 amide bonds. The Morgan fingerprint density at radius 3 is 2.79 bits per heavy atom. The maximum Gasteiger partial charge on any atom is 0.141 e. The summed E-state index contributed by atoms with van der Waals surface area (Å²) in [5, 5.41) is 11.5. The Balaban J connectivity index is 1.33. The molecule has 1 fully saturated rings. The molecule has 1 aromatic heterocycles. The standard InChI is InChI=1S/C21H21N7/c22-12-17(15-4-2-1-3-5-15)13-27-10-7-16(8-11-27)19-20-18-6-9-23-21(18)24-14-28(20)26-25-19/h1-6,9,13-14,16,23,25-26H,7-8,10-11H2/b17-13+. The molecule has 1 aromatic carbocycles. The summed E-state index contributed by atoms with van der Waals surface area (Å²) >= 11 is 0. The van der Waals surface area contributed by atoms with Gasteiger partial charge in [-0.1, -0.05) is 30.3 Å². The molecule has 7 nitrogen and oxygen atoms in total. The maximum atomic E-state index is 9.55. The molecule has 3 aliphatic rings. The van der Waals surface area contributed by atoms with Crippen molar-refractivity contribution in [2.75, 3.05) is 13.1 Å². The molecule has 0 unspecified atom stereocenters. The number of likely N-dealkylation sites (tertiary alicyclic amines) is 1. The van der Waals surface area contributed by atoms with Crippen molar-refractivity contribution >= 4 is 23.4 Å². The van der Waals surface area contributed by atoms with Gasteiger partial charge in [0.25, 0.3) is 0 Å². The van der Waals surface area contributed by atoms with E-state index < -0.39 is 0 Å². The Bertz CT molecular complexity index is 1000. The Morgan fingerprint density at radius 1 is 1.18 bits per heavy atom. The van der Waals surface area contributed by atoms with E-state index in [0.717, 1.165) is 48.6 Å². The number of H-pyrrole nitrogens is 1. The quantitative estimate of drug-likeness (QED) is 0.723. The van der Waals surface area contributed by atoms with E-state index >= 15 is 0 Å². The number of piperidine rings is 1. The van der Waals surface area contributed by atoms with Gasteiger partial charge in [0.15, 0.2) is 0 Å². The second-order valence-electron chi connectivity index (χ2n) is 7.18. The number of nitriles is 1. The van der Waals surface area contributed by atoms with Gasteiger partial charge in [0.1, 0.15) is 18.2 Å². The fourth-order valence-electron chi connectivity index (χ4n) is 4.08. The number of hydrazine groups is 2. The van der Waals surface area contributed by atoms with Crippen LogP contribution in [0.4, 0.5) is 5.82 Å². The molecule has 3 aliphatic heterocycles. The minimum atomic E-state index is 0.439. The molecule has 0 bridgehead atoms. The Kier molecular flexibility index (Phi) is 4.11. The molecule has 0 atom stereocenters. The Morgan fingerprint density at radius 2 is 2.00 bits per heavy atom. The number of nitrogens with zero attached hydrogens (tertiary/aromatic N) is 4. The monoisotopic (exact) mass is 371 g/mol. The molecule has 140 valence electrons. The third kappa shape index (κ3) is 2.84. The first-order valence-electron chi connectivity index (χ1n) is 9.52. The van der Waals surface area contributed by atoms with Crippen LogP contribution < -0.4 is 11.0 Å². The number of allylic oxidation sites excluding steroid dienone is 2. The topological polar surface area (TPSA) is 82.5 Å². The fraction of sp³-hybridized carbons (Fsp3) is 0.238. The lowest BCUT2D eigenvalue weighted by Crippen LogP contribution is -2.38. The molecule has 0 aliphatic carbocycles. The number of aliphatic imine (C=N–C) groups is 1. The first-order valence-corrected chi connectivity index (χ1v) is 9.52. The van der Waals surface area contributed by atoms with E-state index in [1.807, 2.05) is 47.7 Å². The fourth-order valence-corrected chi connectivity index (χ4v) is 4.08. The highest BCUT2D eigenvalue weighted by Crippen LogP contribution is 2.38. The van der Waals surface area contributed by atoms with E-state index in [1.54, 1.807) is 6.34 Å². The average Bonchev–Trinajstić information content (AvgIpc) is 3.39. The van der Waals surface area contributed by atoms with Crippen molar-refractivity contribution in [2.24, 2.45) is 10.9 Å². The predicted molar refractivity (Wildman–Crippen MR) is 108 cm³/mol. The van der Waals surface area contributed by atoms with Crippen LogP contribution in [0.15, 0.2) is 59.5 Å². The van der Waals surface area contributed by atoms with E-state index in [-0.39, 0.29) is 0 Å². The van der Waals surface area contributed by atoms with Crippen LogP contribution in [-0.4, -0.2) is 34.3 Å². The lowest BCUT2D eigenvalue weighted by Gasteiger charge is -2.32. The third-order valence-electron chi connectivity index (χ3n) is 5.54. The van der Waals surface area contributed by atoms with Crippen LogP contribution in [0.25, 0.3) is 11.3 Å². The molecule has 4 heterocycles. The predicted octanol–water partition coefficient (Wildman–Crippen LogP) is 2.96. The summed E-state index contributed by atoms with van der Waals surface area (Å²) in [6.07, 6.45) is 7.79. The van der Waals surface area contributed by atoms with Crippen LogP contribution >= 0.6 is 0 Å². The van der Waals surface area contributed by atoms with Gasteiger partial charge < -0.3 is 15.3 Å². The summed E-state index contributed by atoms with van der Waals surface area (Å²) in [7, 11) is 0. The molecule has 3 N–H and O–H groups in total. The third-order valence-corrected chi connectivity index (χ3v) is 5.54. The van der Waals surface area contributed by atoms with E-state index in [0.29, 0.717) is 11.5 Å². The molecule has 1 saturated heterocycles. The molecule has 28 heavy (non-hydrogen) atoms. The van der Waals surface area contributed by atoms with Gasteiger partial charge in [0.05, 0.1) is 17.0 Å². The zero-order valence-electron chi connectivity index (χ0n) is 15.4. The largest absolute Gasteiger partial charge is 0.376 e. The Hall–Kier alpha value is -3.50. The minimum absolute atomic E-state index is 0.439. The summed E-state index contributed by atoms with van der Waals surface area (Å²) in [6, 6.07) is 14.3. The number of hydrogen-bond acceptors (Lipinski definition) is 6. The lowest BCUT2D eigenvalue weighted by molar-refractivity contribution is 0.258. The molecular weight excluding hydrogens is 350 g/mol. The van der Waals surface area contributed by atoms with Crippen LogP contribution in [-0.2, 0) is 0 Å². The van der Waals surface area contributed by atoms with Gasteiger partial charge in [0, 0.05) is 37.0 Å². The van der Waals surface area contributed by atoms with E-state index in [1.165, 1.54) is 5.70 Å². The number of aromatic amines is 1. The van der Waals surface area contributed by atoms with E-state index in [9.17, 15) is 5.26 Å². The number of benzene rings is 1. The molecule has 5 rings (SSSR count). The summed E-state index contributed by atoms with van der Waals surface area (Å²) in [5.74, 6) is 1.34. The van der Waals surface area contributed by atoms with Gasteiger partial charge in [-0.15, -0.1) is 5.53 Å². The second-order valence-corrected chi connectivity index (χ2v) is 7.18. The van der Waals surface area contributed by atoms with Crippen molar-refractivity contribution in [1.82, 2.24) is 25.9 Å². The number of fused-ring (bicyclic) bond motifs is 3. The molecule has 0 saturated carbocycles. The Labute approximate surface area is 163 Å². The lowest BCUT2D eigenvalue weighted by atomic mass is 9.91. The van der Waals surface area contributed by atoms with Crippen molar-refractivity contribution < 1.29 is 0 Å². The van der Waals surface area contributed by atoms with Gasteiger partial charge >= 0.3 is 0 Å². The zero-order chi connectivity index (χ0) is 18.9. The van der Waals surface area contributed by atoms with Crippen LogP contribution in [0.5, 0.6) is 0 Å². The van der Waals surface area contributed by atoms with Crippen LogP contribution in [0.1, 0.15) is 24.0 Å². The smallest absolute Gasteiger partial charge is 0.141 e. The van der Waals surface area contributed by atoms with Gasteiger partial charge in [0.2, 0.25) is 0 Å². The molecular formula is C21H21N7. The molecule has 2 aromatic rings. The van der Waals surface area contributed by atoms with Gasteiger partial charge in [-0.3, -0.25) is 0 Å². The summed E-state index contributed by atoms with van der Waals surface area (Å²) in [6.45, 7) is 1.85. The van der Waals surface area contributed by atoms with Crippen LogP contribution in [0, 0.1) is 17.2 Å². The number of nitrogens with one attached hydrogen (secondary N) is 3. The van der Waals surface area contributed by atoms with Gasteiger partial charge in [-0.25, -0.2) is 10.0 Å². The number of hydrogen-bond donors (Lipinski definition) is 3. The first kappa shape index (κ1) is 16.7. The maximum absolute atomic E-state index is 9.55. The molecule has 0 radical (unpaired) electrons. The highest BCUT2D eigenvalue weighted by Gasteiger charge is 2.33. The average molecular weight is 371 g/mol. The second kappa shape index (κ2) is 6.91. The van der Waals surface area contributed by atoms with Crippen LogP contribution in [0.3, 0.4) is 0 Å². The van der Waals surface area contributed by atoms with Crippen molar-refractivity contribution in [3.63, 3.8) is 0 Å². The van der Waals surface area contributed by atoms with Gasteiger partial charge in [-0.2, -0.15) is 5.26 Å². The highest BCUT2D eigenvalue weighted by atomic mass is 15.7. The molecule has 0 spiro atoms. The van der Waals surface area contributed by atoms with Crippen molar-refractivity contribution in [3.8, 4) is 6.07 Å². The summed E-state index contributed by atoms with van der Waals surface area (Å²) in [4.78, 5) is 9.87. The number of rotatable bonds is 3. The summed E-state index contributed by atoms with van der Waals surface area (Å²) in [5.41, 5.74) is 11.7. The summed E-state index contributed by atoms with van der Waals surface area (Å²) < 4.78 is 0. The SMILES string of the molecule is N#C/C(=C\N1CCC(C2=C3c4cc[nH]c4N=CN3NN2)CC1)c1ccccc1. The van der Waals surface area contributed by atoms with Crippen molar-refractivity contribution in [3.05, 3.63) is 65.6 Å². The zero-order valence-corrected chi connectivity index (χ0v) is 15.4. The van der Waals surface area contributed by atoms with Gasteiger partial charge in [-0.05, 0) is 24.5 Å². The van der Waals surface area contributed by atoms with Crippen molar-refractivity contribution in [1.29, 1.82) is 5.26 Å².